The molecule has 1 aromatic heterocycles. The summed E-state index contributed by atoms with van der Waals surface area (Å²) in [7, 11) is 0. The largest absolute Gasteiger partial charge is 0.486 e. The summed E-state index contributed by atoms with van der Waals surface area (Å²) in [6.07, 6.45) is 0. The third-order valence-corrected chi connectivity index (χ3v) is 3.42. The van der Waals surface area contributed by atoms with Crippen LogP contribution in [0, 0.1) is 12.7 Å². The van der Waals surface area contributed by atoms with Gasteiger partial charge in [0.25, 0.3) is 0 Å². The van der Waals surface area contributed by atoms with E-state index >= 15 is 0 Å². The highest BCUT2D eigenvalue weighted by Gasteiger charge is 2.09. The molecule has 2 rings (SSSR count). The molecule has 0 radical (unpaired) electrons. The van der Waals surface area contributed by atoms with Crippen LogP contribution in [0.3, 0.4) is 0 Å². The van der Waals surface area contributed by atoms with Crippen molar-refractivity contribution in [3.8, 4) is 5.75 Å². The zero-order chi connectivity index (χ0) is 15.4. The topological polar surface area (TPSA) is 34.4 Å². The fourth-order valence-corrected chi connectivity index (χ4v) is 2.34. The molecule has 0 aliphatic carbocycles. The van der Waals surface area contributed by atoms with Gasteiger partial charge in [-0.25, -0.2) is 4.39 Å². The molecule has 3 nitrogen and oxygen atoms in total. The Balaban J connectivity index is 1.98. The quantitative estimate of drug-likeness (QED) is 0.824. The third kappa shape index (κ3) is 4.86. The van der Waals surface area contributed by atoms with Crippen molar-refractivity contribution in [3.05, 3.63) is 51.6 Å². The van der Waals surface area contributed by atoms with Gasteiger partial charge in [0, 0.05) is 16.6 Å². The van der Waals surface area contributed by atoms with Gasteiger partial charge in [-0.1, -0.05) is 29.8 Å². The van der Waals surface area contributed by atoms with Gasteiger partial charge in [0.1, 0.15) is 29.7 Å². The van der Waals surface area contributed by atoms with Gasteiger partial charge in [-0.05, 0) is 30.7 Å². The Morgan fingerprint density at radius 1 is 1.29 bits per heavy atom. The molecule has 0 spiro atoms. The second kappa shape index (κ2) is 7.09. The Morgan fingerprint density at radius 2 is 2.05 bits per heavy atom. The van der Waals surface area contributed by atoms with Crippen molar-refractivity contribution < 1.29 is 13.5 Å². The molecule has 0 bridgehead atoms. The van der Waals surface area contributed by atoms with E-state index in [1.54, 1.807) is 6.07 Å². The number of benzene rings is 1. The second-order valence-corrected chi connectivity index (χ2v) is 6.16. The van der Waals surface area contributed by atoms with Crippen molar-refractivity contribution in [1.82, 2.24) is 5.32 Å². The molecule has 0 fully saturated rings. The number of hydrogen-bond acceptors (Lipinski definition) is 3. The van der Waals surface area contributed by atoms with E-state index in [9.17, 15) is 4.39 Å². The van der Waals surface area contributed by atoms with Crippen LogP contribution in [-0.4, -0.2) is 6.04 Å². The molecular formula is C16H19BrFNO2. The van der Waals surface area contributed by atoms with Gasteiger partial charge >= 0.3 is 0 Å². The first-order valence-corrected chi connectivity index (χ1v) is 7.64. The van der Waals surface area contributed by atoms with Gasteiger partial charge in [-0.2, -0.15) is 0 Å². The molecule has 0 aliphatic rings. The van der Waals surface area contributed by atoms with Crippen LogP contribution in [0.1, 0.15) is 30.9 Å². The first kappa shape index (κ1) is 16.0. The minimum absolute atomic E-state index is 0.276. The summed E-state index contributed by atoms with van der Waals surface area (Å²) in [5.41, 5.74) is 1.09. The van der Waals surface area contributed by atoms with Crippen LogP contribution in [0.2, 0.25) is 0 Å². The average molecular weight is 356 g/mol. The fourth-order valence-electron chi connectivity index (χ4n) is 1.90. The predicted molar refractivity (Wildman–Crippen MR) is 83.9 cm³/mol. The molecule has 0 atom stereocenters. The van der Waals surface area contributed by atoms with Crippen LogP contribution in [-0.2, 0) is 13.2 Å². The van der Waals surface area contributed by atoms with Crippen molar-refractivity contribution in [1.29, 1.82) is 0 Å². The van der Waals surface area contributed by atoms with Crippen LogP contribution in [0.15, 0.2) is 33.2 Å². The SMILES string of the molecule is Cc1cc(COc2cc(F)cc(Br)c2)oc1CNC(C)C. The van der Waals surface area contributed by atoms with E-state index in [1.165, 1.54) is 12.1 Å². The lowest BCUT2D eigenvalue weighted by Crippen LogP contribution is -2.21. The van der Waals surface area contributed by atoms with Gasteiger partial charge in [0.15, 0.2) is 0 Å². The van der Waals surface area contributed by atoms with E-state index in [0.29, 0.717) is 22.8 Å². The normalized spacial score (nSPS) is 11.1. The maximum Gasteiger partial charge on any atom is 0.146 e. The summed E-state index contributed by atoms with van der Waals surface area (Å²) in [4.78, 5) is 0. The fraction of sp³-hybridized carbons (Fsp3) is 0.375. The number of ether oxygens (including phenoxy) is 1. The predicted octanol–water partition coefficient (Wildman–Crippen LogP) is 4.57. The van der Waals surface area contributed by atoms with Gasteiger partial charge in [0.05, 0.1) is 6.54 Å². The number of furan rings is 1. The van der Waals surface area contributed by atoms with Crippen molar-refractivity contribution in [2.75, 3.05) is 0 Å². The molecular weight excluding hydrogens is 337 g/mol. The van der Waals surface area contributed by atoms with E-state index in [1.807, 2.05) is 13.0 Å². The molecule has 1 N–H and O–H groups in total. The number of aryl methyl sites for hydroxylation is 1. The van der Waals surface area contributed by atoms with Crippen LogP contribution >= 0.6 is 15.9 Å². The summed E-state index contributed by atoms with van der Waals surface area (Å²) in [6.45, 7) is 7.14. The van der Waals surface area contributed by atoms with E-state index in [4.69, 9.17) is 9.15 Å². The second-order valence-electron chi connectivity index (χ2n) is 5.25. The molecule has 0 saturated heterocycles. The molecule has 0 unspecified atom stereocenters. The average Bonchev–Trinajstić information content (AvgIpc) is 2.73. The molecule has 1 heterocycles. The van der Waals surface area contributed by atoms with E-state index in [2.05, 4.69) is 35.1 Å². The number of rotatable bonds is 6. The minimum atomic E-state index is -0.336. The first-order valence-electron chi connectivity index (χ1n) is 6.84. The molecule has 0 amide bonds. The van der Waals surface area contributed by atoms with Crippen molar-refractivity contribution in [3.63, 3.8) is 0 Å². The summed E-state index contributed by atoms with van der Waals surface area (Å²) < 4.78 is 25.2. The van der Waals surface area contributed by atoms with Gasteiger partial charge in [-0.3, -0.25) is 0 Å². The Kier molecular flexibility index (Phi) is 5.42. The molecule has 21 heavy (non-hydrogen) atoms. The van der Waals surface area contributed by atoms with E-state index in [-0.39, 0.29) is 12.4 Å². The molecule has 2 aromatic rings. The summed E-state index contributed by atoms with van der Waals surface area (Å²) in [5.74, 6) is 1.77. The smallest absolute Gasteiger partial charge is 0.146 e. The number of hydrogen-bond donors (Lipinski definition) is 1. The Bertz CT molecular complexity index is 590. The maximum atomic E-state index is 13.3. The summed E-state index contributed by atoms with van der Waals surface area (Å²) in [5, 5.41) is 3.31. The number of halogens is 2. The summed E-state index contributed by atoms with van der Waals surface area (Å²) >= 11 is 3.24. The molecule has 114 valence electrons. The zero-order valence-corrected chi connectivity index (χ0v) is 14.0. The van der Waals surface area contributed by atoms with Crippen LogP contribution in [0.4, 0.5) is 4.39 Å². The third-order valence-electron chi connectivity index (χ3n) is 2.96. The summed E-state index contributed by atoms with van der Waals surface area (Å²) in [6, 6.07) is 6.81. The van der Waals surface area contributed by atoms with Crippen LogP contribution in [0.5, 0.6) is 5.75 Å². The number of nitrogens with one attached hydrogen (secondary N) is 1. The van der Waals surface area contributed by atoms with Gasteiger partial charge < -0.3 is 14.5 Å². The molecule has 0 aliphatic heterocycles. The Hall–Kier alpha value is -1.33. The van der Waals surface area contributed by atoms with Crippen molar-refractivity contribution >= 4 is 15.9 Å². The Morgan fingerprint density at radius 3 is 2.71 bits per heavy atom. The highest BCUT2D eigenvalue weighted by atomic mass is 79.9. The van der Waals surface area contributed by atoms with Crippen LogP contribution in [0.25, 0.3) is 0 Å². The van der Waals surface area contributed by atoms with Crippen LogP contribution < -0.4 is 10.1 Å². The zero-order valence-electron chi connectivity index (χ0n) is 12.4. The lowest BCUT2D eigenvalue weighted by molar-refractivity contribution is 0.263. The van der Waals surface area contributed by atoms with Gasteiger partial charge in [-0.15, -0.1) is 0 Å². The lowest BCUT2D eigenvalue weighted by atomic mass is 10.2. The van der Waals surface area contributed by atoms with Gasteiger partial charge in [0.2, 0.25) is 0 Å². The highest BCUT2D eigenvalue weighted by molar-refractivity contribution is 9.10. The highest BCUT2D eigenvalue weighted by Crippen LogP contribution is 2.22. The van der Waals surface area contributed by atoms with E-state index < -0.39 is 0 Å². The first-order chi connectivity index (χ1) is 9.94. The standard InChI is InChI=1S/C16H19BrFNO2/c1-10(2)19-8-16-11(3)4-15(21-16)9-20-14-6-12(17)5-13(18)7-14/h4-7,10,19H,8-9H2,1-3H3. The molecule has 5 heteroatoms. The molecule has 1 aromatic carbocycles. The Labute approximate surface area is 132 Å². The molecule has 0 saturated carbocycles. The maximum absolute atomic E-state index is 13.3. The lowest BCUT2D eigenvalue weighted by Gasteiger charge is -2.07. The van der Waals surface area contributed by atoms with Crippen molar-refractivity contribution in [2.45, 2.75) is 40.0 Å². The monoisotopic (exact) mass is 355 g/mol. The van der Waals surface area contributed by atoms with E-state index in [0.717, 1.165) is 17.1 Å². The minimum Gasteiger partial charge on any atom is -0.486 e. The van der Waals surface area contributed by atoms with Crippen molar-refractivity contribution in [2.24, 2.45) is 0 Å².